The Morgan fingerprint density at radius 3 is 2.66 bits per heavy atom. The van der Waals surface area contributed by atoms with Gasteiger partial charge in [-0.1, -0.05) is 18.2 Å². The number of hydrogen-bond donors (Lipinski definition) is 2. The normalized spacial score (nSPS) is 18.6. The second-order valence-corrected chi connectivity index (χ2v) is 7.76. The standard InChI is InChI=1S/C23H28N2O4/c26-18(16-28-19-4-2-1-3-5-19)15-25-12-10-20(11-13-25)29-21-7-8-22-17(14-21)6-9-23(27)24-22/h1-5,7-8,14,18,20,26H,6,9-13,15-16H2,(H,24,27)/t18-/m1/s1. The van der Waals surface area contributed by atoms with E-state index in [4.69, 9.17) is 9.47 Å². The van der Waals surface area contributed by atoms with Gasteiger partial charge >= 0.3 is 0 Å². The van der Waals surface area contributed by atoms with Crippen molar-refractivity contribution in [2.75, 3.05) is 31.6 Å². The molecule has 1 saturated heterocycles. The van der Waals surface area contributed by atoms with E-state index in [1.54, 1.807) is 0 Å². The van der Waals surface area contributed by atoms with E-state index >= 15 is 0 Å². The van der Waals surface area contributed by atoms with E-state index in [1.165, 1.54) is 0 Å². The van der Waals surface area contributed by atoms with Crippen molar-refractivity contribution >= 4 is 11.6 Å². The van der Waals surface area contributed by atoms with E-state index < -0.39 is 6.10 Å². The first kappa shape index (κ1) is 19.7. The zero-order chi connectivity index (χ0) is 20.1. The topological polar surface area (TPSA) is 71.0 Å². The van der Waals surface area contributed by atoms with Crippen molar-refractivity contribution in [2.24, 2.45) is 0 Å². The fourth-order valence-electron chi connectivity index (χ4n) is 3.90. The Kier molecular flexibility index (Phi) is 6.32. The number of amides is 1. The van der Waals surface area contributed by atoms with Crippen molar-refractivity contribution in [1.82, 2.24) is 4.90 Å². The van der Waals surface area contributed by atoms with E-state index in [-0.39, 0.29) is 12.0 Å². The van der Waals surface area contributed by atoms with Crippen LogP contribution in [0, 0.1) is 0 Å². The van der Waals surface area contributed by atoms with Gasteiger partial charge in [0.1, 0.15) is 30.3 Å². The van der Waals surface area contributed by atoms with Gasteiger partial charge in [-0.3, -0.25) is 4.79 Å². The van der Waals surface area contributed by atoms with Crippen LogP contribution in [0.15, 0.2) is 48.5 Å². The van der Waals surface area contributed by atoms with Crippen LogP contribution in [-0.2, 0) is 11.2 Å². The lowest BCUT2D eigenvalue weighted by atomic mass is 10.0. The molecule has 29 heavy (non-hydrogen) atoms. The van der Waals surface area contributed by atoms with Crippen LogP contribution in [0.5, 0.6) is 11.5 Å². The highest BCUT2D eigenvalue weighted by atomic mass is 16.5. The summed E-state index contributed by atoms with van der Waals surface area (Å²) in [6.07, 6.45) is 2.83. The molecule has 2 aromatic rings. The second-order valence-electron chi connectivity index (χ2n) is 7.76. The lowest BCUT2D eigenvalue weighted by molar-refractivity contribution is -0.116. The zero-order valence-corrected chi connectivity index (χ0v) is 16.5. The largest absolute Gasteiger partial charge is 0.491 e. The Morgan fingerprint density at radius 1 is 1.07 bits per heavy atom. The van der Waals surface area contributed by atoms with Gasteiger partial charge in [-0.25, -0.2) is 0 Å². The number of nitrogens with zero attached hydrogens (tertiary/aromatic N) is 1. The minimum absolute atomic E-state index is 0.0786. The van der Waals surface area contributed by atoms with Crippen molar-refractivity contribution in [2.45, 2.75) is 37.9 Å². The number of carbonyl (C=O) groups excluding carboxylic acids is 1. The number of carbonyl (C=O) groups is 1. The lowest BCUT2D eigenvalue weighted by Gasteiger charge is -2.33. The quantitative estimate of drug-likeness (QED) is 0.753. The Hall–Kier alpha value is -2.57. The Balaban J connectivity index is 1.20. The van der Waals surface area contributed by atoms with Gasteiger partial charge in [0.15, 0.2) is 0 Å². The maximum absolute atomic E-state index is 11.5. The number of ether oxygens (including phenoxy) is 2. The number of para-hydroxylation sites is 1. The highest BCUT2D eigenvalue weighted by Crippen LogP contribution is 2.28. The summed E-state index contributed by atoms with van der Waals surface area (Å²) in [5, 5.41) is 13.2. The van der Waals surface area contributed by atoms with Crippen LogP contribution < -0.4 is 14.8 Å². The van der Waals surface area contributed by atoms with Gasteiger partial charge in [0.2, 0.25) is 5.91 Å². The lowest BCUT2D eigenvalue weighted by Crippen LogP contribution is -2.43. The molecule has 6 nitrogen and oxygen atoms in total. The number of rotatable bonds is 7. The molecule has 2 aliphatic rings. The Labute approximate surface area is 171 Å². The van der Waals surface area contributed by atoms with Gasteiger partial charge in [0.05, 0.1) is 0 Å². The number of aliphatic hydroxyl groups excluding tert-OH is 1. The maximum Gasteiger partial charge on any atom is 0.224 e. The Morgan fingerprint density at radius 2 is 1.86 bits per heavy atom. The van der Waals surface area contributed by atoms with Crippen LogP contribution in [0.4, 0.5) is 5.69 Å². The molecule has 1 amide bonds. The Bertz CT molecular complexity index is 819. The number of aliphatic hydroxyl groups is 1. The summed E-state index contributed by atoms with van der Waals surface area (Å²) in [5.74, 6) is 1.73. The molecule has 2 aromatic carbocycles. The molecular formula is C23H28N2O4. The minimum Gasteiger partial charge on any atom is -0.491 e. The van der Waals surface area contributed by atoms with E-state index in [0.717, 1.165) is 55.1 Å². The molecule has 6 heteroatoms. The van der Waals surface area contributed by atoms with Gasteiger partial charge < -0.3 is 24.8 Å². The molecule has 0 aliphatic carbocycles. The third-order valence-corrected chi connectivity index (χ3v) is 5.46. The van der Waals surface area contributed by atoms with Crippen LogP contribution in [0.2, 0.25) is 0 Å². The molecule has 0 bridgehead atoms. The highest BCUT2D eigenvalue weighted by Gasteiger charge is 2.23. The summed E-state index contributed by atoms with van der Waals surface area (Å²) in [5.41, 5.74) is 2.04. The fraction of sp³-hybridized carbons (Fsp3) is 0.435. The summed E-state index contributed by atoms with van der Waals surface area (Å²) < 4.78 is 11.8. The van der Waals surface area contributed by atoms with Crippen LogP contribution >= 0.6 is 0 Å². The number of nitrogens with one attached hydrogen (secondary N) is 1. The molecule has 1 atom stereocenters. The molecule has 4 rings (SSSR count). The van der Waals surface area contributed by atoms with Crippen LogP contribution in [0.3, 0.4) is 0 Å². The van der Waals surface area contributed by atoms with Crippen molar-refractivity contribution in [3.05, 3.63) is 54.1 Å². The van der Waals surface area contributed by atoms with Crippen molar-refractivity contribution in [1.29, 1.82) is 0 Å². The SMILES string of the molecule is O=C1CCc2cc(OC3CCN(C[C@@H](O)COc4ccccc4)CC3)ccc2N1. The van der Waals surface area contributed by atoms with Crippen molar-refractivity contribution < 1.29 is 19.4 Å². The summed E-state index contributed by atoms with van der Waals surface area (Å²) in [6.45, 7) is 2.70. The molecule has 154 valence electrons. The summed E-state index contributed by atoms with van der Waals surface area (Å²) in [4.78, 5) is 13.7. The number of benzene rings is 2. The molecule has 0 saturated carbocycles. The average molecular weight is 396 g/mol. The number of piperidine rings is 1. The molecule has 0 radical (unpaired) electrons. The second kappa shape index (κ2) is 9.29. The van der Waals surface area contributed by atoms with Gasteiger partial charge in [0.25, 0.3) is 0 Å². The van der Waals surface area contributed by atoms with E-state index in [0.29, 0.717) is 19.6 Å². The van der Waals surface area contributed by atoms with Gasteiger partial charge in [-0.15, -0.1) is 0 Å². The molecule has 0 spiro atoms. The van der Waals surface area contributed by atoms with Crippen molar-refractivity contribution in [3.8, 4) is 11.5 Å². The number of aryl methyl sites for hydroxylation is 1. The average Bonchev–Trinajstić information content (AvgIpc) is 2.74. The predicted octanol–water partition coefficient (Wildman–Crippen LogP) is 2.85. The summed E-state index contributed by atoms with van der Waals surface area (Å²) in [6, 6.07) is 15.5. The molecule has 2 aliphatic heterocycles. The van der Waals surface area contributed by atoms with Gasteiger partial charge in [-0.2, -0.15) is 0 Å². The summed E-state index contributed by atoms with van der Waals surface area (Å²) in [7, 11) is 0. The monoisotopic (exact) mass is 396 g/mol. The van der Waals surface area contributed by atoms with Crippen LogP contribution in [0.1, 0.15) is 24.8 Å². The smallest absolute Gasteiger partial charge is 0.224 e. The first-order valence-corrected chi connectivity index (χ1v) is 10.3. The van der Waals surface area contributed by atoms with E-state index in [9.17, 15) is 9.90 Å². The van der Waals surface area contributed by atoms with Crippen molar-refractivity contribution in [3.63, 3.8) is 0 Å². The van der Waals surface area contributed by atoms with Crippen LogP contribution in [0.25, 0.3) is 0 Å². The van der Waals surface area contributed by atoms with Crippen LogP contribution in [-0.4, -0.2) is 54.4 Å². The van der Waals surface area contributed by atoms with E-state index in [1.807, 2.05) is 48.5 Å². The molecule has 0 unspecified atom stereocenters. The first-order valence-electron chi connectivity index (χ1n) is 10.3. The third-order valence-electron chi connectivity index (χ3n) is 5.46. The van der Waals surface area contributed by atoms with Gasteiger partial charge in [-0.05, 0) is 55.2 Å². The van der Waals surface area contributed by atoms with Gasteiger partial charge in [0, 0.05) is 31.7 Å². The third kappa shape index (κ3) is 5.49. The zero-order valence-electron chi connectivity index (χ0n) is 16.5. The van der Waals surface area contributed by atoms with E-state index in [2.05, 4.69) is 10.2 Å². The molecular weight excluding hydrogens is 368 g/mol. The number of likely N-dealkylation sites (tertiary alicyclic amines) is 1. The number of fused-ring (bicyclic) bond motifs is 1. The molecule has 2 heterocycles. The molecule has 1 fully saturated rings. The first-order chi connectivity index (χ1) is 14.2. The number of anilines is 1. The summed E-state index contributed by atoms with van der Waals surface area (Å²) >= 11 is 0. The fourth-order valence-corrected chi connectivity index (χ4v) is 3.90. The minimum atomic E-state index is -0.511. The predicted molar refractivity (Wildman–Crippen MR) is 111 cm³/mol. The molecule has 0 aromatic heterocycles. The highest BCUT2D eigenvalue weighted by molar-refractivity contribution is 5.93. The molecule has 2 N–H and O–H groups in total. The maximum atomic E-state index is 11.5. The number of β-amino-alcohol motifs (C(OH)–C–C–N with tert-alkyl or cyclic N) is 1. The number of hydrogen-bond acceptors (Lipinski definition) is 5.